The Morgan fingerprint density at radius 1 is 0.952 bits per heavy atom. The fraction of sp³-hybridized carbons (Fsp3) is 0.718. The zero-order valence-electron chi connectivity index (χ0n) is 25.5. The van der Waals surface area contributed by atoms with E-state index in [4.69, 9.17) is 5.73 Å². The molecule has 0 unspecified atom stereocenters. The summed E-state index contributed by atoms with van der Waals surface area (Å²) in [7, 11) is 0. The van der Waals surface area contributed by atoms with E-state index in [0.29, 0.717) is 35.1 Å². The maximum Gasteiger partial charge on any atom is 0.137 e. The fourth-order valence-corrected chi connectivity index (χ4v) is 15.2. The van der Waals surface area contributed by atoms with E-state index in [1.54, 1.807) is 5.56 Å². The molecule has 12 rings (SSSR count). The molecule has 3 nitrogen and oxygen atoms in total. The van der Waals surface area contributed by atoms with Crippen molar-refractivity contribution in [3.05, 3.63) is 54.1 Å². The number of allylic oxidation sites excluding steroid dienone is 3. The van der Waals surface area contributed by atoms with Gasteiger partial charge in [0, 0.05) is 16.6 Å². The summed E-state index contributed by atoms with van der Waals surface area (Å²) < 4.78 is 0. The van der Waals surface area contributed by atoms with Crippen LogP contribution < -0.4 is 11.1 Å². The van der Waals surface area contributed by atoms with Gasteiger partial charge in [-0.25, -0.2) is 0 Å². The first-order chi connectivity index (χ1) is 20.5. The molecule has 1 aromatic carbocycles. The molecule has 3 N–H and O–H groups in total. The molecule has 8 saturated carbocycles. The van der Waals surface area contributed by atoms with E-state index in [2.05, 4.69) is 55.2 Å². The summed E-state index contributed by atoms with van der Waals surface area (Å²) >= 11 is 0. The lowest BCUT2D eigenvalue weighted by molar-refractivity contribution is -0.111. The summed E-state index contributed by atoms with van der Waals surface area (Å²) in [5, 5.41) is 4.37. The second-order valence-corrected chi connectivity index (χ2v) is 17.2. The largest absolute Gasteiger partial charge is 0.379 e. The van der Waals surface area contributed by atoms with Crippen LogP contribution >= 0.6 is 0 Å². The Balaban J connectivity index is 1.00. The lowest BCUT2D eigenvalue weighted by Gasteiger charge is -2.47. The summed E-state index contributed by atoms with van der Waals surface area (Å²) in [6, 6.07) is 9.05. The smallest absolute Gasteiger partial charge is 0.137 e. The Kier molecular flexibility index (Phi) is 5.11. The highest BCUT2D eigenvalue weighted by molar-refractivity contribution is 5.62. The van der Waals surface area contributed by atoms with Crippen LogP contribution in [0.1, 0.15) is 82.6 Å². The highest BCUT2D eigenvalue weighted by atomic mass is 16.1. The maximum absolute atomic E-state index is 12.6. The van der Waals surface area contributed by atoms with E-state index in [9.17, 15) is 4.79 Å². The topological polar surface area (TPSA) is 55.1 Å². The van der Waals surface area contributed by atoms with Gasteiger partial charge in [0.2, 0.25) is 0 Å². The average molecular weight is 563 g/mol. The normalized spacial score (nSPS) is 56.2. The number of hydrogen-bond donors (Lipinski definition) is 2. The van der Waals surface area contributed by atoms with Gasteiger partial charge in [-0.2, -0.15) is 0 Å². The molecule has 11 aliphatic rings. The first-order valence-corrected chi connectivity index (χ1v) is 17.9. The number of carbonyl (C=O) groups excluding carboxylic acids is 1. The lowest BCUT2D eigenvalue weighted by Crippen LogP contribution is -2.51. The van der Waals surface area contributed by atoms with E-state index < -0.39 is 0 Å². The van der Waals surface area contributed by atoms with Crippen molar-refractivity contribution < 1.29 is 4.79 Å². The quantitative estimate of drug-likeness (QED) is 0.295. The minimum atomic E-state index is -0.323. The van der Waals surface area contributed by atoms with Crippen LogP contribution in [0.3, 0.4) is 0 Å². The number of benzene rings is 1. The molecule has 1 aromatic rings. The van der Waals surface area contributed by atoms with Crippen LogP contribution in [0.25, 0.3) is 0 Å². The Bertz CT molecular complexity index is 1380. The zero-order chi connectivity index (χ0) is 28.1. The number of rotatable bonds is 3. The van der Waals surface area contributed by atoms with Gasteiger partial charge in [-0.15, -0.1) is 0 Å². The molecular weight excluding hydrogens is 512 g/mol. The number of para-hydroxylation sites is 1. The fourth-order valence-electron chi connectivity index (χ4n) is 15.2. The van der Waals surface area contributed by atoms with Gasteiger partial charge in [-0.1, -0.05) is 49.4 Å². The minimum absolute atomic E-state index is 0.00849. The molecular formula is C39H50N2O. The maximum atomic E-state index is 12.6. The Labute approximate surface area is 252 Å². The van der Waals surface area contributed by atoms with Crippen LogP contribution in [0.15, 0.2) is 48.6 Å². The van der Waals surface area contributed by atoms with E-state index in [0.717, 1.165) is 66.0 Å². The summed E-state index contributed by atoms with van der Waals surface area (Å²) in [4.78, 5) is 12.6. The molecule has 0 saturated heterocycles. The third-order valence-electron chi connectivity index (χ3n) is 16.3. The molecule has 5 bridgehead atoms. The van der Waals surface area contributed by atoms with E-state index in [-0.39, 0.29) is 11.5 Å². The molecule has 222 valence electrons. The Morgan fingerprint density at radius 3 is 2.71 bits per heavy atom. The molecule has 17 atom stereocenters. The summed E-state index contributed by atoms with van der Waals surface area (Å²) in [5.41, 5.74) is 11.8. The van der Waals surface area contributed by atoms with Gasteiger partial charge in [-0.05, 0) is 159 Å². The molecule has 0 radical (unpaired) electrons. The molecule has 8 fully saturated rings. The van der Waals surface area contributed by atoms with Crippen molar-refractivity contribution >= 4 is 12.0 Å². The molecule has 9 aliphatic carbocycles. The monoisotopic (exact) mass is 562 g/mol. The number of fused-ring (bicyclic) bond motifs is 7. The van der Waals surface area contributed by atoms with Gasteiger partial charge in [0.1, 0.15) is 6.29 Å². The number of aldehydes is 1. The summed E-state index contributed by atoms with van der Waals surface area (Å²) in [5.74, 6) is 10.3. The van der Waals surface area contributed by atoms with Gasteiger partial charge in [-0.3, -0.25) is 0 Å². The molecule has 2 aliphatic heterocycles. The van der Waals surface area contributed by atoms with E-state index in [1.165, 1.54) is 69.0 Å². The molecule has 0 aromatic heterocycles. The van der Waals surface area contributed by atoms with E-state index in [1.807, 2.05) is 0 Å². The standard InChI is InChI=1S/C39H50N2O/c1-20-13-28-21(2)7-12-31-37(30(28)14-20)39(31,35(40)19-42)24-9-11-25-23(15-24)16-33-36(25)27-10-8-22-18-38(33)32(27)17-29(22)26-5-3-4-6-34(26)41-38/h3-6,9,11,19-20,22-25,27-33,35-37,41H,2,7-8,10,12-18,40H2,1H3/t20-,22+,23+,24+,25-,27+,28-,29-,30+,31+,32+,33-,35-,36+,37+,38+,39-/m1/s1. The van der Waals surface area contributed by atoms with Gasteiger partial charge >= 0.3 is 0 Å². The third kappa shape index (κ3) is 2.92. The van der Waals surface area contributed by atoms with Crippen molar-refractivity contribution in [1.29, 1.82) is 0 Å². The summed E-state index contributed by atoms with van der Waals surface area (Å²) in [6.07, 6.45) is 19.9. The van der Waals surface area contributed by atoms with Crippen LogP contribution in [0.2, 0.25) is 0 Å². The third-order valence-corrected chi connectivity index (χ3v) is 16.3. The predicted octanol–water partition coefficient (Wildman–Crippen LogP) is 7.60. The number of anilines is 1. The van der Waals surface area contributed by atoms with Crippen molar-refractivity contribution in [3.8, 4) is 0 Å². The first-order valence-electron chi connectivity index (χ1n) is 17.9. The predicted molar refractivity (Wildman–Crippen MR) is 168 cm³/mol. The van der Waals surface area contributed by atoms with Crippen molar-refractivity contribution in [2.75, 3.05) is 5.32 Å². The number of nitrogens with one attached hydrogen (secondary N) is 1. The number of hydrogen-bond acceptors (Lipinski definition) is 3. The van der Waals surface area contributed by atoms with Crippen molar-refractivity contribution in [2.24, 2.45) is 88.1 Å². The molecule has 0 amide bonds. The highest BCUT2D eigenvalue weighted by Crippen LogP contribution is 2.77. The number of carbonyl (C=O) groups is 1. The van der Waals surface area contributed by atoms with Crippen molar-refractivity contribution in [3.63, 3.8) is 0 Å². The summed E-state index contributed by atoms with van der Waals surface area (Å²) in [6.45, 7) is 7.02. The van der Waals surface area contributed by atoms with Gasteiger partial charge < -0.3 is 15.8 Å². The van der Waals surface area contributed by atoms with Crippen molar-refractivity contribution in [1.82, 2.24) is 0 Å². The van der Waals surface area contributed by atoms with Crippen LogP contribution in [0.4, 0.5) is 5.69 Å². The van der Waals surface area contributed by atoms with Crippen LogP contribution in [-0.2, 0) is 4.79 Å². The lowest BCUT2D eigenvalue weighted by atomic mass is 9.62. The molecule has 42 heavy (non-hydrogen) atoms. The minimum Gasteiger partial charge on any atom is -0.379 e. The van der Waals surface area contributed by atoms with Crippen LogP contribution in [0.5, 0.6) is 0 Å². The average Bonchev–Trinajstić information content (AvgIpc) is 3.47. The Morgan fingerprint density at radius 2 is 1.83 bits per heavy atom. The van der Waals surface area contributed by atoms with Crippen LogP contribution in [0, 0.1) is 82.3 Å². The SMILES string of the molecule is C=C1CC[C@H]2[C@H]([C@H]3C[C@H](C)C[C@H]13)[C@]2([C@H](N)C=O)[C@H]1C=C[C@@H]2[C@H](C[C@@H]3[C@@H]2[C@H]2CC[C@H]4C[C@@]35Nc3ccccc3[C@@H]4C[C@@H]25)C1. The second kappa shape index (κ2) is 8.43. The highest BCUT2D eigenvalue weighted by Gasteiger charge is 2.75. The molecule has 2 heterocycles. The van der Waals surface area contributed by atoms with Gasteiger partial charge in [0.15, 0.2) is 0 Å². The number of nitrogens with two attached hydrogens (primary N) is 1. The molecule has 3 heteroatoms. The Hall–Kier alpha value is -1.87. The molecule has 1 spiro atoms. The van der Waals surface area contributed by atoms with E-state index >= 15 is 0 Å². The van der Waals surface area contributed by atoms with Crippen LogP contribution in [-0.4, -0.2) is 17.9 Å². The first kappa shape index (κ1) is 25.5. The van der Waals surface area contributed by atoms with Gasteiger partial charge in [0.05, 0.1) is 6.04 Å². The van der Waals surface area contributed by atoms with Crippen molar-refractivity contribution in [2.45, 2.75) is 88.6 Å². The van der Waals surface area contributed by atoms with Gasteiger partial charge in [0.25, 0.3) is 0 Å². The zero-order valence-corrected chi connectivity index (χ0v) is 25.5. The second-order valence-electron chi connectivity index (χ2n) is 17.2.